The minimum Gasteiger partial charge on any atom is -0.436 e. The maximum atomic E-state index is 13.3. The maximum absolute atomic E-state index is 13.3. The van der Waals surface area contributed by atoms with Crippen molar-refractivity contribution in [3.8, 4) is 11.6 Å². The van der Waals surface area contributed by atoms with Crippen molar-refractivity contribution in [1.29, 1.82) is 0 Å². The van der Waals surface area contributed by atoms with E-state index in [1.807, 2.05) is 0 Å². The Labute approximate surface area is 90.9 Å². The van der Waals surface area contributed by atoms with Gasteiger partial charge < -0.3 is 16.2 Å². The molecule has 0 aliphatic carbocycles. The highest BCUT2D eigenvalue weighted by Gasteiger charge is 2.06. The van der Waals surface area contributed by atoms with Gasteiger partial charge in [-0.25, -0.2) is 14.4 Å². The van der Waals surface area contributed by atoms with Crippen LogP contribution in [0.15, 0.2) is 30.6 Å². The Kier molecular flexibility index (Phi) is 2.55. The van der Waals surface area contributed by atoms with E-state index in [1.165, 1.54) is 30.6 Å². The van der Waals surface area contributed by atoms with E-state index in [-0.39, 0.29) is 17.4 Å². The minimum atomic E-state index is -0.522. The van der Waals surface area contributed by atoms with Gasteiger partial charge in [0.15, 0.2) is 11.6 Å². The van der Waals surface area contributed by atoms with Crippen LogP contribution in [0.1, 0.15) is 0 Å². The summed E-state index contributed by atoms with van der Waals surface area (Å²) in [6, 6.07) is 5.42. The molecular formula is C10H9FN4O. The van der Waals surface area contributed by atoms with Crippen LogP contribution in [-0.2, 0) is 0 Å². The van der Waals surface area contributed by atoms with Gasteiger partial charge in [0.05, 0.1) is 0 Å². The molecule has 2 aromatic rings. The molecule has 2 rings (SSSR count). The predicted molar refractivity (Wildman–Crippen MR) is 57.3 cm³/mol. The van der Waals surface area contributed by atoms with Gasteiger partial charge >= 0.3 is 0 Å². The highest BCUT2D eigenvalue weighted by atomic mass is 19.1. The quantitative estimate of drug-likeness (QED) is 0.750. The standard InChI is InChI=1S/C10H9FN4O/c11-7-2-1-6(12)3-8(7)16-10-4-9(13)14-5-15-10/h1-5H,12H2,(H2,13,14,15). The minimum absolute atomic E-state index is 0.00176. The molecule has 6 heteroatoms. The number of aromatic nitrogens is 2. The number of nitrogen functional groups attached to an aromatic ring is 2. The van der Waals surface area contributed by atoms with Gasteiger partial charge in [0.2, 0.25) is 5.88 Å². The fraction of sp³-hybridized carbons (Fsp3) is 0. The second-order valence-electron chi connectivity index (χ2n) is 3.07. The van der Waals surface area contributed by atoms with Crippen molar-refractivity contribution in [2.75, 3.05) is 11.5 Å². The van der Waals surface area contributed by atoms with Crippen LogP contribution in [0, 0.1) is 5.82 Å². The van der Waals surface area contributed by atoms with Crippen LogP contribution in [0.25, 0.3) is 0 Å². The number of ether oxygens (including phenoxy) is 1. The van der Waals surface area contributed by atoms with Gasteiger partial charge in [-0.05, 0) is 12.1 Å². The van der Waals surface area contributed by atoms with Gasteiger partial charge in [-0.15, -0.1) is 0 Å². The normalized spacial score (nSPS) is 10.1. The van der Waals surface area contributed by atoms with Crippen molar-refractivity contribution in [1.82, 2.24) is 9.97 Å². The van der Waals surface area contributed by atoms with Crippen LogP contribution in [0.2, 0.25) is 0 Å². The number of anilines is 2. The van der Waals surface area contributed by atoms with Crippen LogP contribution in [0.5, 0.6) is 11.6 Å². The van der Waals surface area contributed by atoms with Gasteiger partial charge in [0, 0.05) is 17.8 Å². The molecule has 0 aliphatic heterocycles. The summed E-state index contributed by atoms with van der Waals surface area (Å²) in [6.45, 7) is 0. The molecule has 0 bridgehead atoms. The van der Waals surface area contributed by atoms with Crippen LogP contribution in [-0.4, -0.2) is 9.97 Å². The third-order valence-corrected chi connectivity index (χ3v) is 1.83. The first-order valence-corrected chi connectivity index (χ1v) is 4.45. The fourth-order valence-electron chi connectivity index (χ4n) is 1.12. The molecule has 1 aromatic heterocycles. The number of hydrogen-bond donors (Lipinski definition) is 2. The molecule has 0 amide bonds. The first-order valence-electron chi connectivity index (χ1n) is 4.45. The van der Waals surface area contributed by atoms with Gasteiger partial charge in [0.25, 0.3) is 0 Å². The molecule has 82 valence electrons. The molecule has 0 radical (unpaired) electrons. The Hall–Kier alpha value is -2.37. The van der Waals surface area contributed by atoms with Crippen LogP contribution >= 0.6 is 0 Å². The second kappa shape index (κ2) is 4.01. The number of hydrogen-bond acceptors (Lipinski definition) is 5. The molecule has 0 saturated heterocycles. The Balaban J connectivity index is 2.30. The lowest BCUT2D eigenvalue weighted by molar-refractivity contribution is 0.427. The molecule has 0 saturated carbocycles. The molecular weight excluding hydrogens is 211 g/mol. The van der Waals surface area contributed by atoms with Crippen molar-refractivity contribution < 1.29 is 9.13 Å². The molecule has 0 unspecified atom stereocenters. The summed E-state index contributed by atoms with van der Waals surface area (Å²) in [5.74, 6) is -0.115. The predicted octanol–water partition coefficient (Wildman–Crippen LogP) is 1.57. The van der Waals surface area contributed by atoms with Crippen molar-refractivity contribution in [3.63, 3.8) is 0 Å². The van der Waals surface area contributed by atoms with Crippen LogP contribution in [0.4, 0.5) is 15.9 Å². The third-order valence-electron chi connectivity index (χ3n) is 1.83. The van der Waals surface area contributed by atoms with Crippen LogP contribution in [0.3, 0.4) is 0 Å². The van der Waals surface area contributed by atoms with Gasteiger partial charge in [-0.2, -0.15) is 0 Å². The first kappa shape index (κ1) is 10.2. The lowest BCUT2D eigenvalue weighted by Crippen LogP contribution is -1.96. The van der Waals surface area contributed by atoms with Crippen molar-refractivity contribution in [2.45, 2.75) is 0 Å². The van der Waals surface area contributed by atoms with Crippen molar-refractivity contribution >= 4 is 11.5 Å². The number of halogens is 1. The van der Waals surface area contributed by atoms with E-state index < -0.39 is 5.82 Å². The largest absolute Gasteiger partial charge is 0.436 e. The highest BCUT2D eigenvalue weighted by Crippen LogP contribution is 2.25. The van der Waals surface area contributed by atoms with Gasteiger partial charge in [0.1, 0.15) is 12.1 Å². The van der Waals surface area contributed by atoms with Crippen LogP contribution < -0.4 is 16.2 Å². The molecule has 1 aromatic carbocycles. The third kappa shape index (κ3) is 2.17. The fourth-order valence-corrected chi connectivity index (χ4v) is 1.12. The topological polar surface area (TPSA) is 87.0 Å². The van der Waals surface area contributed by atoms with Crippen molar-refractivity contribution in [3.05, 3.63) is 36.4 Å². The second-order valence-corrected chi connectivity index (χ2v) is 3.07. The molecule has 0 fully saturated rings. The summed E-state index contributed by atoms with van der Waals surface area (Å²) in [6.07, 6.45) is 1.23. The Morgan fingerprint density at radius 2 is 1.94 bits per heavy atom. The summed E-state index contributed by atoms with van der Waals surface area (Å²) in [5.41, 5.74) is 11.3. The zero-order valence-electron chi connectivity index (χ0n) is 8.22. The molecule has 5 nitrogen and oxygen atoms in total. The average molecular weight is 220 g/mol. The molecule has 0 atom stereocenters. The number of benzene rings is 1. The lowest BCUT2D eigenvalue weighted by atomic mass is 10.3. The Morgan fingerprint density at radius 3 is 2.69 bits per heavy atom. The first-order chi connectivity index (χ1) is 7.65. The number of nitrogens with zero attached hydrogens (tertiary/aromatic N) is 2. The molecule has 4 N–H and O–H groups in total. The van der Waals surface area contributed by atoms with Crippen molar-refractivity contribution in [2.24, 2.45) is 0 Å². The summed E-state index contributed by atoms with van der Waals surface area (Å²) < 4.78 is 18.5. The van der Waals surface area contributed by atoms with E-state index in [9.17, 15) is 4.39 Å². The number of nitrogens with two attached hydrogens (primary N) is 2. The maximum Gasteiger partial charge on any atom is 0.224 e. The van der Waals surface area contributed by atoms with E-state index in [2.05, 4.69) is 9.97 Å². The summed E-state index contributed by atoms with van der Waals surface area (Å²) in [5, 5.41) is 0. The van der Waals surface area contributed by atoms with E-state index >= 15 is 0 Å². The lowest BCUT2D eigenvalue weighted by Gasteiger charge is -2.06. The Bertz CT molecular complexity index is 518. The average Bonchev–Trinajstić information content (AvgIpc) is 2.24. The summed E-state index contributed by atoms with van der Waals surface area (Å²) in [4.78, 5) is 7.47. The highest BCUT2D eigenvalue weighted by molar-refractivity contribution is 5.46. The molecule has 16 heavy (non-hydrogen) atoms. The zero-order chi connectivity index (χ0) is 11.5. The van der Waals surface area contributed by atoms with E-state index in [0.717, 1.165) is 0 Å². The van der Waals surface area contributed by atoms with Gasteiger partial charge in [-0.3, -0.25) is 0 Å². The van der Waals surface area contributed by atoms with E-state index in [1.54, 1.807) is 0 Å². The zero-order valence-corrected chi connectivity index (χ0v) is 8.22. The SMILES string of the molecule is Nc1ccc(F)c(Oc2cc(N)ncn2)c1. The summed E-state index contributed by atoms with van der Waals surface area (Å²) in [7, 11) is 0. The monoisotopic (exact) mass is 220 g/mol. The molecule has 0 spiro atoms. The van der Waals surface area contributed by atoms with Gasteiger partial charge in [-0.1, -0.05) is 0 Å². The summed E-state index contributed by atoms with van der Waals surface area (Å²) >= 11 is 0. The molecule has 1 heterocycles. The molecule has 0 aliphatic rings. The number of rotatable bonds is 2. The Morgan fingerprint density at radius 1 is 1.12 bits per heavy atom. The van der Waals surface area contributed by atoms with E-state index in [0.29, 0.717) is 5.69 Å². The smallest absolute Gasteiger partial charge is 0.224 e. The van der Waals surface area contributed by atoms with E-state index in [4.69, 9.17) is 16.2 Å².